The second-order valence-electron chi connectivity index (χ2n) is 4.69. The van der Waals surface area contributed by atoms with E-state index in [1.807, 2.05) is 6.20 Å². The summed E-state index contributed by atoms with van der Waals surface area (Å²) in [6, 6.07) is 4.78. The van der Waals surface area contributed by atoms with Crippen molar-refractivity contribution in [2.24, 2.45) is 0 Å². The molecule has 1 aromatic heterocycles. The first-order chi connectivity index (χ1) is 8.38. The monoisotopic (exact) mass is 233 g/mol. The van der Waals surface area contributed by atoms with Crippen LogP contribution in [0.3, 0.4) is 0 Å². The highest BCUT2D eigenvalue weighted by Gasteiger charge is 2.36. The van der Waals surface area contributed by atoms with E-state index in [0.717, 1.165) is 38.4 Å². The van der Waals surface area contributed by atoms with Crippen LogP contribution in [0.25, 0.3) is 0 Å². The lowest BCUT2D eigenvalue weighted by molar-refractivity contribution is 0.0349. The summed E-state index contributed by atoms with van der Waals surface area (Å²) < 4.78 is 5.77. The van der Waals surface area contributed by atoms with Crippen LogP contribution < -0.4 is 10.2 Å². The van der Waals surface area contributed by atoms with Crippen LogP contribution in [0.4, 0.5) is 5.69 Å². The topological polar surface area (TPSA) is 37.4 Å². The molecule has 0 unspecified atom stereocenters. The van der Waals surface area contributed by atoms with Gasteiger partial charge in [-0.2, -0.15) is 0 Å². The van der Waals surface area contributed by atoms with E-state index < -0.39 is 0 Å². The molecule has 0 aromatic carbocycles. The zero-order valence-electron chi connectivity index (χ0n) is 10.2. The van der Waals surface area contributed by atoms with E-state index in [9.17, 15) is 0 Å². The highest BCUT2D eigenvalue weighted by Crippen LogP contribution is 2.24. The molecule has 1 aromatic rings. The quantitative estimate of drug-likeness (QED) is 0.820. The van der Waals surface area contributed by atoms with Gasteiger partial charge in [0.2, 0.25) is 0 Å². The van der Waals surface area contributed by atoms with Gasteiger partial charge in [-0.3, -0.25) is 4.98 Å². The second kappa shape index (κ2) is 4.63. The van der Waals surface area contributed by atoms with Gasteiger partial charge in [-0.05, 0) is 18.6 Å². The number of aromatic nitrogens is 1. The molecule has 0 radical (unpaired) electrons. The molecule has 0 bridgehead atoms. The fourth-order valence-electron chi connectivity index (χ4n) is 2.71. The number of morpholine rings is 1. The molecule has 4 nitrogen and oxygen atoms in total. The third-order valence-electron chi connectivity index (χ3n) is 3.70. The molecule has 0 aliphatic carbocycles. The molecule has 92 valence electrons. The third-order valence-corrected chi connectivity index (χ3v) is 3.70. The fourth-order valence-corrected chi connectivity index (χ4v) is 2.71. The second-order valence-corrected chi connectivity index (χ2v) is 4.69. The van der Waals surface area contributed by atoms with Gasteiger partial charge >= 0.3 is 0 Å². The zero-order chi connectivity index (χ0) is 11.7. The van der Waals surface area contributed by atoms with Crippen molar-refractivity contribution in [3.8, 4) is 0 Å². The first-order valence-electron chi connectivity index (χ1n) is 6.42. The number of fused-ring (bicyclic) bond motifs is 1. The maximum atomic E-state index is 5.77. The van der Waals surface area contributed by atoms with Gasteiger partial charge in [0.25, 0.3) is 0 Å². The summed E-state index contributed by atoms with van der Waals surface area (Å²) >= 11 is 0. The standard InChI is InChI=1S/C13H19N3O/c1-2-10-3-4-11(7-15-10)16-5-6-17-13-9-14-8-12(13)16/h3-4,7,12-14H,2,5-6,8-9H2,1H3/t12-,13+/m1/s1. The van der Waals surface area contributed by atoms with Crippen LogP contribution in [0, 0.1) is 0 Å². The van der Waals surface area contributed by atoms with Crippen molar-refractivity contribution in [2.75, 3.05) is 31.1 Å². The molecule has 2 fully saturated rings. The van der Waals surface area contributed by atoms with Crippen LogP contribution in [0.15, 0.2) is 18.3 Å². The smallest absolute Gasteiger partial charge is 0.0915 e. The zero-order valence-corrected chi connectivity index (χ0v) is 10.2. The Morgan fingerprint density at radius 3 is 3.18 bits per heavy atom. The molecule has 2 atom stereocenters. The average molecular weight is 233 g/mol. The number of nitrogens with zero attached hydrogens (tertiary/aromatic N) is 2. The van der Waals surface area contributed by atoms with Crippen molar-refractivity contribution >= 4 is 5.69 Å². The molecule has 4 heteroatoms. The summed E-state index contributed by atoms with van der Waals surface area (Å²) in [4.78, 5) is 6.91. The maximum Gasteiger partial charge on any atom is 0.0915 e. The van der Waals surface area contributed by atoms with Gasteiger partial charge in [0, 0.05) is 25.3 Å². The lowest BCUT2D eigenvalue weighted by Crippen LogP contribution is -2.51. The number of hydrogen-bond donors (Lipinski definition) is 1. The van der Waals surface area contributed by atoms with E-state index >= 15 is 0 Å². The normalized spacial score (nSPS) is 28.2. The Bertz CT molecular complexity index is 379. The number of anilines is 1. The highest BCUT2D eigenvalue weighted by atomic mass is 16.5. The predicted molar refractivity (Wildman–Crippen MR) is 67.4 cm³/mol. The van der Waals surface area contributed by atoms with Crippen LogP contribution in [0.5, 0.6) is 0 Å². The average Bonchev–Trinajstić information content (AvgIpc) is 2.87. The lowest BCUT2D eigenvalue weighted by atomic mass is 10.1. The SMILES string of the molecule is CCc1ccc(N2CCO[C@H]3CNC[C@H]32)cn1. The maximum absolute atomic E-state index is 5.77. The van der Waals surface area contributed by atoms with E-state index in [4.69, 9.17) is 4.74 Å². The molecule has 0 spiro atoms. The molecule has 2 aliphatic rings. The lowest BCUT2D eigenvalue weighted by Gasteiger charge is -2.38. The van der Waals surface area contributed by atoms with Crippen LogP contribution in [0.1, 0.15) is 12.6 Å². The number of ether oxygens (including phenoxy) is 1. The van der Waals surface area contributed by atoms with Crippen LogP contribution in [-0.4, -0.2) is 43.4 Å². The summed E-state index contributed by atoms with van der Waals surface area (Å²) in [5.41, 5.74) is 2.38. The number of aryl methyl sites for hydroxylation is 1. The van der Waals surface area contributed by atoms with Gasteiger partial charge in [-0.15, -0.1) is 0 Å². The van der Waals surface area contributed by atoms with Crippen molar-refractivity contribution < 1.29 is 4.74 Å². The molecule has 2 aliphatic heterocycles. The Morgan fingerprint density at radius 2 is 2.41 bits per heavy atom. The largest absolute Gasteiger partial charge is 0.373 e. The van der Waals surface area contributed by atoms with E-state index in [1.165, 1.54) is 5.69 Å². The van der Waals surface area contributed by atoms with E-state index in [0.29, 0.717) is 12.1 Å². The van der Waals surface area contributed by atoms with E-state index in [1.54, 1.807) is 0 Å². The van der Waals surface area contributed by atoms with Gasteiger partial charge in [0.05, 0.1) is 30.6 Å². The van der Waals surface area contributed by atoms with Crippen molar-refractivity contribution in [3.63, 3.8) is 0 Å². The third kappa shape index (κ3) is 2.03. The fraction of sp³-hybridized carbons (Fsp3) is 0.615. The minimum Gasteiger partial charge on any atom is -0.373 e. The Kier molecular flexibility index (Phi) is 2.99. The first kappa shape index (κ1) is 11.0. The van der Waals surface area contributed by atoms with Crippen molar-refractivity contribution in [1.82, 2.24) is 10.3 Å². The number of nitrogens with one attached hydrogen (secondary N) is 1. The molecule has 3 rings (SSSR count). The molecule has 3 heterocycles. The molecular formula is C13H19N3O. The summed E-state index contributed by atoms with van der Waals surface area (Å²) in [7, 11) is 0. The summed E-state index contributed by atoms with van der Waals surface area (Å²) in [5, 5.41) is 3.40. The molecule has 0 amide bonds. The molecular weight excluding hydrogens is 214 g/mol. The van der Waals surface area contributed by atoms with Crippen LogP contribution >= 0.6 is 0 Å². The van der Waals surface area contributed by atoms with Gasteiger partial charge in [0.15, 0.2) is 0 Å². The van der Waals surface area contributed by atoms with Gasteiger partial charge < -0.3 is 15.0 Å². The molecule has 2 saturated heterocycles. The van der Waals surface area contributed by atoms with Crippen molar-refractivity contribution in [2.45, 2.75) is 25.5 Å². The highest BCUT2D eigenvalue weighted by molar-refractivity contribution is 5.47. The van der Waals surface area contributed by atoms with Gasteiger partial charge in [0.1, 0.15) is 0 Å². The predicted octanol–water partition coefficient (Wildman–Crippen LogP) is 0.821. The summed E-state index contributed by atoms with van der Waals surface area (Å²) in [6.07, 6.45) is 3.34. The molecule has 1 N–H and O–H groups in total. The Balaban J connectivity index is 1.81. The Hall–Kier alpha value is -1.13. The Labute approximate surface area is 102 Å². The summed E-state index contributed by atoms with van der Waals surface area (Å²) in [5.74, 6) is 0. The van der Waals surface area contributed by atoms with E-state index in [2.05, 4.69) is 34.3 Å². The first-order valence-corrected chi connectivity index (χ1v) is 6.42. The van der Waals surface area contributed by atoms with Crippen molar-refractivity contribution in [1.29, 1.82) is 0 Å². The molecule has 17 heavy (non-hydrogen) atoms. The van der Waals surface area contributed by atoms with Crippen LogP contribution in [-0.2, 0) is 11.2 Å². The number of hydrogen-bond acceptors (Lipinski definition) is 4. The van der Waals surface area contributed by atoms with E-state index in [-0.39, 0.29) is 0 Å². The van der Waals surface area contributed by atoms with Crippen molar-refractivity contribution in [3.05, 3.63) is 24.0 Å². The number of pyridine rings is 1. The van der Waals surface area contributed by atoms with Crippen LogP contribution in [0.2, 0.25) is 0 Å². The van der Waals surface area contributed by atoms with Gasteiger partial charge in [-0.25, -0.2) is 0 Å². The minimum atomic E-state index is 0.342. The van der Waals surface area contributed by atoms with Gasteiger partial charge in [-0.1, -0.05) is 6.92 Å². The summed E-state index contributed by atoms with van der Waals surface area (Å²) in [6.45, 7) is 5.91. The number of rotatable bonds is 2. The minimum absolute atomic E-state index is 0.342. The Morgan fingerprint density at radius 1 is 1.47 bits per heavy atom. The molecule has 0 saturated carbocycles.